The van der Waals surface area contributed by atoms with E-state index in [9.17, 15) is 22.8 Å². The lowest BCUT2D eigenvalue weighted by atomic mass is 10.1. The molecule has 3 amide bonds. The van der Waals surface area contributed by atoms with Crippen molar-refractivity contribution in [3.8, 4) is 0 Å². The molecule has 1 aliphatic heterocycles. The number of carbonyl (C=O) groups excluding carboxylic acids is 3. The van der Waals surface area contributed by atoms with Gasteiger partial charge in [-0.05, 0) is 55.3 Å². The molecule has 0 bridgehead atoms. The summed E-state index contributed by atoms with van der Waals surface area (Å²) < 4.78 is 27.5. The fourth-order valence-corrected chi connectivity index (χ4v) is 6.04. The third-order valence-corrected chi connectivity index (χ3v) is 8.57. The Morgan fingerprint density at radius 2 is 1.64 bits per heavy atom. The highest BCUT2D eigenvalue weighted by atomic mass is 35.5. The number of nitrogens with one attached hydrogen (secondary N) is 4. The van der Waals surface area contributed by atoms with Gasteiger partial charge in [0.15, 0.2) is 5.69 Å². The number of benzene rings is 2. The van der Waals surface area contributed by atoms with Gasteiger partial charge in [0.05, 0.1) is 26.2 Å². The Balaban J connectivity index is 1.35. The third-order valence-electron chi connectivity index (χ3n) is 6.03. The predicted octanol–water partition coefficient (Wildman–Crippen LogP) is 3.68. The Morgan fingerprint density at radius 1 is 1.00 bits per heavy atom. The number of anilines is 2. The number of aromatic amines is 1. The number of amides is 3. The van der Waals surface area contributed by atoms with Crippen LogP contribution < -0.4 is 16.0 Å². The van der Waals surface area contributed by atoms with Gasteiger partial charge in [0.2, 0.25) is 15.9 Å². The zero-order chi connectivity index (χ0) is 28.2. The standard InChI is InChI=1S/C25H24Cl2N6O5S/c1-2-21(34)29-15-6-8-17(9-7-15)39(37,38)33-12-10-16(11-13-33)30-25(36)23-20(14-28-32-23)31-24(35)22-18(26)4-3-5-19(22)27/h2-9,14,16H,1,10-13H2,(H,28,32)(H,29,34)(H,30,36)(H,31,35). The van der Waals surface area contributed by atoms with Gasteiger partial charge in [-0.1, -0.05) is 35.8 Å². The molecular weight excluding hydrogens is 567 g/mol. The number of aromatic nitrogens is 2. The molecule has 1 saturated heterocycles. The summed E-state index contributed by atoms with van der Waals surface area (Å²) in [7, 11) is -3.76. The van der Waals surface area contributed by atoms with Gasteiger partial charge >= 0.3 is 0 Å². The highest BCUT2D eigenvalue weighted by molar-refractivity contribution is 7.89. The van der Waals surface area contributed by atoms with Gasteiger partial charge in [0, 0.05) is 31.0 Å². The molecule has 204 valence electrons. The lowest BCUT2D eigenvalue weighted by Crippen LogP contribution is -2.46. The summed E-state index contributed by atoms with van der Waals surface area (Å²) in [6.07, 6.45) is 3.23. The minimum Gasteiger partial charge on any atom is -0.348 e. The number of hydrogen-bond acceptors (Lipinski definition) is 6. The number of piperidine rings is 1. The number of carbonyl (C=O) groups is 3. The van der Waals surface area contributed by atoms with Gasteiger partial charge in [-0.3, -0.25) is 19.5 Å². The molecule has 1 fully saturated rings. The zero-order valence-corrected chi connectivity index (χ0v) is 22.7. The first-order valence-electron chi connectivity index (χ1n) is 11.7. The summed E-state index contributed by atoms with van der Waals surface area (Å²) >= 11 is 12.2. The highest BCUT2D eigenvalue weighted by Gasteiger charge is 2.31. The lowest BCUT2D eigenvalue weighted by Gasteiger charge is -2.31. The second kappa shape index (κ2) is 12.0. The summed E-state index contributed by atoms with van der Waals surface area (Å²) in [6, 6.07) is 10.2. The molecule has 0 unspecified atom stereocenters. The Labute approximate surface area is 234 Å². The fraction of sp³-hybridized carbons (Fsp3) is 0.200. The van der Waals surface area contributed by atoms with Crippen LogP contribution in [0.5, 0.6) is 0 Å². The minimum absolute atomic E-state index is 0.0368. The second-order valence-electron chi connectivity index (χ2n) is 8.57. The maximum absolute atomic E-state index is 13.1. The first-order chi connectivity index (χ1) is 18.6. The summed E-state index contributed by atoms with van der Waals surface area (Å²) in [5.74, 6) is -1.53. The van der Waals surface area contributed by atoms with E-state index >= 15 is 0 Å². The summed E-state index contributed by atoms with van der Waals surface area (Å²) in [5, 5.41) is 14.8. The molecule has 3 aromatic rings. The molecule has 4 rings (SSSR count). The van der Waals surface area contributed by atoms with Gasteiger partial charge < -0.3 is 16.0 Å². The van der Waals surface area contributed by atoms with Crippen molar-refractivity contribution in [2.75, 3.05) is 23.7 Å². The van der Waals surface area contributed by atoms with E-state index in [0.717, 1.165) is 6.08 Å². The van der Waals surface area contributed by atoms with Gasteiger partial charge in [-0.2, -0.15) is 9.40 Å². The summed E-state index contributed by atoms with van der Waals surface area (Å²) in [4.78, 5) is 37.1. The van der Waals surface area contributed by atoms with E-state index in [-0.39, 0.29) is 51.0 Å². The molecule has 14 heteroatoms. The smallest absolute Gasteiger partial charge is 0.274 e. The molecule has 4 N–H and O–H groups in total. The molecular formula is C25H24Cl2N6O5S. The minimum atomic E-state index is -3.76. The topological polar surface area (TPSA) is 153 Å². The van der Waals surface area contributed by atoms with Crippen LogP contribution in [-0.4, -0.2) is 59.8 Å². The number of sulfonamides is 1. The van der Waals surface area contributed by atoms with Gasteiger partial charge in [0.25, 0.3) is 11.8 Å². The van der Waals surface area contributed by atoms with E-state index < -0.39 is 27.7 Å². The van der Waals surface area contributed by atoms with Crippen molar-refractivity contribution >= 4 is 62.3 Å². The van der Waals surface area contributed by atoms with Crippen LogP contribution in [0.25, 0.3) is 0 Å². The summed E-state index contributed by atoms with van der Waals surface area (Å²) in [6.45, 7) is 3.76. The molecule has 1 aliphatic rings. The van der Waals surface area contributed by atoms with E-state index in [1.54, 1.807) is 6.07 Å². The largest absolute Gasteiger partial charge is 0.348 e. The van der Waals surface area contributed by atoms with Gasteiger partial charge in [0.1, 0.15) is 0 Å². The maximum atomic E-state index is 13.1. The SMILES string of the molecule is C=CC(=O)Nc1ccc(S(=O)(=O)N2CCC(NC(=O)c3n[nH]cc3NC(=O)c3c(Cl)cccc3Cl)CC2)cc1. The number of nitrogens with zero attached hydrogens (tertiary/aromatic N) is 2. The summed E-state index contributed by atoms with van der Waals surface area (Å²) in [5.41, 5.74) is 0.619. The normalized spacial score (nSPS) is 14.4. The van der Waals surface area contributed by atoms with Crippen molar-refractivity contribution in [2.45, 2.75) is 23.8 Å². The molecule has 0 saturated carbocycles. The van der Waals surface area contributed by atoms with Crippen LogP contribution in [0.3, 0.4) is 0 Å². The van der Waals surface area contributed by atoms with Crippen LogP contribution in [-0.2, 0) is 14.8 Å². The van der Waals surface area contributed by atoms with Crippen LogP contribution in [0.2, 0.25) is 10.0 Å². The van der Waals surface area contributed by atoms with Crippen molar-refractivity contribution in [2.24, 2.45) is 0 Å². The van der Waals surface area contributed by atoms with E-state index in [2.05, 4.69) is 32.7 Å². The lowest BCUT2D eigenvalue weighted by molar-refractivity contribution is -0.111. The molecule has 11 nitrogen and oxygen atoms in total. The molecule has 0 radical (unpaired) electrons. The highest BCUT2D eigenvalue weighted by Crippen LogP contribution is 2.26. The molecule has 0 aliphatic carbocycles. The fourth-order valence-electron chi connectivity index (χ4n) is 4.00. The van der Waals surface area contributed by atoms with Crippen molar-refractivity contribution in [3.63, 3.8) is 0 Å². The quantitative estimate of drug-likeness (QED) is 0.293. The van der Waals surface area contributed by atoms with Crippen molar-refractivity contribution < 1.29 is 22.8 Å². The van der Waals surface area contributed by atoms with Crippen LogP contribution in [0.4, 0.5) is 11.4 Å². The van der Waals surface area contributed by atoms with Crippen LogP contribution >= 0.6 is 23.2 Å². The average molecular weight is 591 g/mol. The average Bonchev–Trinajstić information content (AvgIpc) is 3.37. The third kappa shape index (κ3) is 6.48. The van der Waals surface area contributed by atoms with E-state index in [4.69, 9.17) is 23.2 Å². The predicted molar refractivity (Wildman–Crippen MR) is 148 cm³/mol. The van der Waals surface area contributed by atoms with Gasteiger partial charge in [-0.15, -0.1) is 0 Å². The Hall–Kier alpha value is -3.71. The molecule has 1 aromatic heterocycles. The van der Waals surface area contributed by atoms with Crippen molar-refractivity contribution in [1.29, 1.82) is 0 Å². The first kappa shape index (κ1) is 28.3. The van der Waals surface area contributed by atoms with E-state index in [1.807, 2.05) is 0 Å². The molecule has 0 spiro atoms. The monoisotopic (exact) mass is 590 g/mol. The molecule has 2 heterocycles. The maximum Gasteiger partial charge on any atom is 0.274 e. The van der Waals surface area contributed by atoms with Crippen LogP contribution in [0.1, 0.15) is 33.7 Å². The van der Waals surface area contributed by atoms with Gasteiger partial charge in [-0.25, -0.2) is 8.42 Å². The molecule has 2 aromatic carbocycles. The Morgan fingerprint density at radius 3 is 2.26 bits per heavy atom. The number of H-pyrrole nitrogens is 1. The Bertz CT molecular complexity index is 1500. The van der Waals surface area contributed by atoms with Crippen LogP contribution in [0.15, 0.2) is 66.2 Å². The number of hydrogen-bond donors (Lipinski definition) is 4. The number of rotatable bonds is 8. The van der Waals surface area contributed by atoms with E-state index in [0.29, 0.717) is 18.5 Å². The Kier molecular flexibility index (Phi) is 8.70. The van der Waals surface area contributed by atoms with Crippen molar-refractivity contribution in [3.05, 3.63) is 82.6 Å². The molecule has 39 heavy (non-hydrogen) atoms. The second-order valence-corrected chi connectivity index (χ2v) is 11.3. The molecule has 0 atom stereocenters. The van der Waals surface area contributed by atoms with Crippen molar-refractivity contribution in [1.82, 2.24) is 19.8 Å². The zero-order valence-electron chi connectivity index (χ0n) is 20.4. The first-order valence-corrected chi connectivity index (χ1v) is 13.9. The van der Waals surface area contributed by atoms with Crippen LogP contribution in [0, 0.1) is 0 Å². The van der Waals surface area contributed by atoms with E-state index in [1.165, 1.54) is 46.9 Å². The number of halogens is 2.